The molecule has 0 bridgehead atoms. The summed E-state index contributed by atoms with van der Waals surface area (Å²) in [6.45, 7) is 0.310. The van der Waals surface area contributed by atoms with Gasteiger partial charge in [0, 0.05) is 12.3 Å². The normalized spacial score (nSPS) is 9.85. The van der Waals surface area contributed by atoms with Gasteiger partial charge < -0.3 is 9.15 Å². The zero-order valence-electron chi connectivity index (χ0n) is 6.88. The van der Waals surface area contributed by atoms with Crippen LogP contribution in [-0.2, 0) is 6.61 Å². The highest BCUT2D eigenvalue weighted by atomic mass is 16.5. The van der Waals surface area contributed by atoms with Gasteiger partial charge in [-0.3, -0.25) is 0 Å². The molecule has 0 aliphatic carbocycles. The quantitative estimate of drug-likeness (QED) is 0.713. The third-order valence-electron chi connectivity index (χ3n) is 1.46. The lowest BCUT2D eigenvalue weighted by Gasteiger charge is -2.00. The Hall–Kier alpha value is -1.84. The van der Waals surface area contributed by atoms with Crippen LogP contribution in [0.5, 0.6) is 5.88 Å². The standard InChI is InChI=1S/C9H8N2O2/c1-2-4-10-8(3-1)13-7-9-11-5-6-12-9/h1-6H,7H2. The van der Waals surface area contributed by atoms with E-state index in [1.807, 2.05) is 12.1 Å². The molecule has 0 aliphatic heterocycles. The molecule has 0 amide bonds. The van der Waals surface area contributed by atoms with Crippen molar-refractivity contribution in [3.8, 4) is 5.88 Å². The first-order valence-electron chi connectivity index (χ1n) is 3.87. The molecule has 0 saturated heterocycles. The maximum absolute atomic E-state index is 5.28. The van der Waals surface area contributed by atoms with Crippen molar-refractivity contribution < 1.29 is 9.15 Å². The van der Waals surface area contributed by atoms with E-state index in [1.165, 1.54) is 6.26 Å². The van der Waals surface area contributed by atoms with Gasteiger partial charge in [0.15, 0.2) is 6.61 Å². The van der Waals surface area contributed by atoms with Crippen LogP contribution in [0.25, 0.3) is 0 Å². The van der Waals surface area contributed by atoms with Crippen LogP contribution < -0.4 is 4.74 Å². The monoisotopic (exact) mass is 176 g/mol. The van der Waals surface area contributed by atoms with Gasteiger partial charge in [-0.2, -0.15) is 0 Å². The van der Waals surface area contributed by atoms with E-state index in [1.54, 1.807) is 18.5 Å². The molecule has 66 valence electrons. The van der Waals surface area contributed by atoms with Crippen molar-refractivity contribution in [1.29, 1.82) is 0 Å². The minimum Gasteiger partial charge on any atom is -0.468 e. The predicted octanol–water partition coefficient (Wildman–Crippen LogP) is 1.65. The number of hydrogen-bond donors (Lipinski definition) is 0. The Bertz CT molecular complexity index is 345. The SMILES string of the molecule is c1ccc(OCc2ncco2)nc1. The number of aromatic nitrogens is 2. The summed E-state index contributed by atoms with van der Waals surface area (Å²) in [5.74, 6) is 1.12. The van der Waals surface area contributed by atoms with E-state index in [0.717, 1.165) is 0 Å². The van der Waals surface area contributed by atoms with E-state index < -0.39 is 0 Å². The van der Waals surface area contributed by atoms with Gasteiger partial charge in [-0.05, 0) is 6.07 Å². The maximum Gasteiger partial charge on any atom is 0.232 e. The molecule has 2 aromatic heterocycles. The van der Waals surface area contributed by atoms with E-state index in [0.29, 0.717) is 18.4 Å². The van der Waals surface area contributed by atoms with Gasteiger partial charge >= 0.3 is 0 Å². The third kappa shape index (κ3) is 2.05. The van der Waals surface area contributed by atoms with E-state index in [-0.39, 0.29) is 0 Å². The molecule has 0 aliphatic rings. The second kappa shape index (κ2) is 3.71. The molecule has 0 atom stereocenters. The summed E-state index contributed by atoms with van der Waals surface area (Å²) in [5, 5.41) is 0. The van der Waals surface area contributed by atoms with Crippen molar-refractivity contribution in [3.05, 3.63) is 42.7 Å². The minimum absolute atomic E-state index is 0.310. The van der Waals surface area contributed by atoms with Crippen molar-refractivity contribution in [3.63, 3.8) is 0 Å². The zero-order chi connectivity index (χ0) is 8.93. The van der Waals surface area contributed by atoms with Gasteiger partial charge in [-0.25, -0.2) is 9.97 Å². The number of rotatable bonds is 3. The average molecular weight is 176 g/mol. The third-order valence-corrected chi connectivity index (χ3v) is 1.46. The summed E-state index contributed by atoms with van der Waals surface area (Å²) in [6.07, 6.45) is 4.76. The van der Waals surface area contributed by atoms with Gasteiger partial charge in [0.1, 0.15) is 6.26 Å². The van der Waals surface area contributed by atoms with Crippen molar-refractivity contribution in [1.82, 2.24) is 9.97 Å². The van der Waals surface area contributed by atoms with E-state index in [2.05, 4.69) is 9.97 Å². The molecule has 4 nitrogen and oxygen atoms in total. The van der Waals surface area contributed by atoms with Crippen molar-refractivity contribution in [2.75, 3.05) is 0 Å². The highest BCUT2D eigenvalue weighted by Crippen LogP contribution is 2.06. The molecule has 0 spiro atoms. The van der Waals surface area contributed by atoms with Crippen LogP contribution >= 0.6 is 0 Å². The molecule has 2 heterocycles. The van der Waals surface area contributed by atoms with Gasteiger partial charge in [-0.1, -0.05) is 6.07 Å². The van der Waals surface area contributed by atoms with E-state index in [4.69, 9.17) is 9.15 Å². The fraction of sp³-hybridized carbons (Fsp3) is 0.111. The lowest BCUT2D eigenvalue weighted by atomic mass is 10.5. The molecule has 2 aromatic rings. The Kier molecular flexibility index (Phi) is 2.22. The zero-order valence-corrected chi connectivity index (χ0v) is 6.88. The topological polar surface area (TPSA) is 48.2 Å². The fourth-order valence-corrected chi connectivity index (χ4v) is 0.892. The fourth-order valence-electron chi connectivity index (χ4n) is 0.892. The Morgan fingerprint density at radius 2 is 2.23 bits per heavy atom. The highest BCUT2D eigenvalue weighted by molar-refractivity contribution is 5.09. The van der Waals surface area contributed by atoms with Gasteiger partial charge in [0.2, 0.25) is 11.8 Å². The Morgan fingerprint density at radius 1 is 1.23 bits per heavy atom. The summed E-state index contributed by atoms with van der Waals surface area (Å²) in [5.41, 5.74) is 0. The second-order valence-corrected chi connectivity index (χ2v) is 2.38. The number of oxazole rings is 1. The summed E-state index contributed by atoms with van der Waals surface area (Å²) < 4.78 is 10.3. The number of ether oxygens (including phenoxy) is 1. The molecule has 0 unspecified atom stereocenters. The van der Waals surface area contributed by atoms with Crippen molar-refractivity contribution in [2.24, 2.45) is 0 Å². The van der Waals surface area contributed by atoms with Crippen LogP contribution in [-0.4, -0.2) is 9.97 Å². The lowest BCUT2D eigenvalue weighted by Crippen LogP contribution is -1.96. The van der Waals surface area contributed by atoms with Crippen molar-refractivity contribution >= 4 is 0 Å². The maximum atomic E-state index is 5.28. The van der Waals surface area contributed by atoms with Crippen LogP contribution in [0.3, 0.4) is 0 Å². The van der Waals surface area contributed by atoms with Gasteiger partial charge in [0.05, 0.1) is 6.20 Å². The summed E-state index contributed by atoms with van der Waals surface area (Å²) in [6, 6.07) is 5.47. The first kappa shape index (κ1) is 7.79. The smallest absolute Gasteiger partial charge is 0.232 e. The summed E-state index contributed by atoms with van der Waals surface area (Å²) >= 11 is 0. The highest BCUT2D eigenvalue weighted by Gasteiger charge is 1.98. The second-order valence-electron chi connectivity index (χ2n) is 2.38. The Balaban J connectivity index is 1.94. The van der Waals surface area contributed by atoms with Crippen molar-refractivity contribution in [2.45, 2.75) is 6.61 Å². The van der Waals surface area contributed by atoms with E-state index in [9.17, 15) is 0 Å². The number of nitrogens with zero attached hydrogens (tertiary/aromatic N) is 2. The molecule has 0 saturated carbocycles. The first-order chi connectivity index (χ1) is 6.45. The molecule has 0 radical (unpaired) electrons. The number of hydrogen-bond acceptors (Lipinski definition) is 4. The molecule has 0 aromatic carbocycles. The molecule has 2 rings (SSSR count). The molecular formula is C9H8N2O2. The summed E-state index contributed by atoms with van der Waals surface area (Å²) in [7, 11) is 0. The Morgan fingerprint density at radius 3 is 2.92 bits per heavy atom. The lowest BCUT2D eigenvalue weighted by molar-refractivity contribution is 0.253. The van der Waals surface area contributed by atoms with E-state index >= 15 is 0 Å². The molecular weight excluding hydrogens is 168 g/mol. The minimum atomic E-state index is 0.310. The van der Waals surface area contributed by atoms with Crippen LogP contribution in [0.4, 0.5) is 0 Å². The number of pyridine rings is 1. The summed E-state index contributed by atoms with van der Waals surface area (Å²) in [4.78, 5) is 7.90. The molecule has 0 fully saturated rings. The average Bonchev–Trinajstić information content (AvgIpc) is 2.69. The van der Waals surface area contributed by atoms with Crippen LogP contribution in [0.1, 0.15) is 5.89 Å². The largest absolute Gasteiger partial charge is 0.468 e. The predicted molar refractivity (Wildman–Crippen MR) is 45.1 cm³/mol. The van der Waals surface area contributed by atoms with Crippen LogP contribution in [0.2, 0.25) is 0 Å². The molecule has 4 heteroatoms. The molecule has 0 N–H and O–H groups in total. The molecule has 13 heavy (non-hydrogen) atoms. The van der Waals surface area contributed by atoms with Gasteiger partial charge in [0.25, 0.3) is 0 Å². The van der Waals surface area contributed by atoms with Crippen LogP contribution in [0.15, 0.2) is 41.3 Å². The Labute approximate surface area is 75.2 Å². The van der Waals surface area contributed by atoms with Gasteiger partial charge in [-0.15, -0.1) is 0 Å². The first-order valence-corrected chi connectivity index (χ1v) is 3.87. The van der Waals surface area contributed by atoms with Crippen LogP contribution in [0, 0.1) is 0 Å².